The Bertz CT molecular complexity index is 282. The minimum Gasteiger partial charge on any atom is -0.360 e. The Kier molecular flexibility index (Phi) is 3.66. The molecule has 0 fully saturated rings. The van der Waals surface area contributed by atoms with Crippen LogP contribution < -0.4 is 16.6 Å². The summed E-state index contributed by atoms with van der Waals surface area (Å²) in [6, 6.07) is 0. The molecule has 0 radical (unpaired) electrons. The zero-order chi connectivity index (χ0) is 9.68. The monoisotopic (exact) mass is 199 g/mol. The van der Waals surface area contributed by atoms with Crippen molar-refractivity contribution in [2.45, 2.75) is 13.5 Å². The number of nitrogens with one attached hydrogen (secondary N) is 2. The average Bonchev–Trinajstić information content (AvgIpc) is 2.51. The molecule has 0 aliphatic carbocycles. The van der Waals surface area contributed by atoms with Crippen molar-refractivity contribution in [2.75, 3.05) is 6.54 Å². The summed E-state index contributed by atoms with van der Waals surface area (Å²) in [4.78, 5) is 0. The normalized spacial score (nSPS) is 9.69. The summed E-state index contributed by atoms with van der Waals surface area (Å²) in [5.41, 5.74) is 3.50. The van der Waals surface area contributed by atoms with E-state index in [1.165, 1.54) is 0 Å². The summed E-state index contributed by atoms with van der Waals surface area (Å²) >= 11 is 4.80. The molecule has 0 unspecified atom stereocenters. The van der Waals surface area contributed by atoms with E-state index in [0.29, 0.717) is 11.7 Å². The van der Waals surface area contributed by atoms with Gasteiger partial charge >= 0.3 is 0 Å². The smallest absolute Gasteiger partial charge is 0.180 e. The predicted molar refractivity (Wildman–Crippen MR) is 54.9 cm³/mol. The standard InChI is InChI=1S/C7H13N5S/c1-6-4-10-12(5-6)3-2-9-7(13)11-8/h4-5H,2-3,8H2,1H3,(H2,9,11,13). The van der Waals surface area contributed by atoms with Crippen LogP contribution >= 0.6 is 12.2 Å². The van der Waals surface area contributed by atoms with Gasteiger partial charge in [0.25, 0.3) is 0 Å². The average molecular weight is 199 g/mol. The van der Waals surface area contributed by atoms with E-state index < -0.39 is 0 Å². The van der Waals surface area contributed by atoms with Gasteiger partial charge in [-0.1, -0.05) is 0 Å². The number of hydrogen-bond acceptors (Lipinski definition) is 3. The Morgan fingerprint density at radius 1 is 1.77 bits per heavy atom. The maximum atomic E-state index is 5.08. The van der Waals surface area contributed by atoms with Crippen LogP contribution in [0.4, 0.5) is 0 Å². The van der Waals surface area contributed by atoms with Gasteiger partial charge in [0, 0.05) is 12.7 Å². The largest absolute Gasteiger partial charge is 0.360 e. The van der Waals surface area contributed by atoms with Crippen molar-refractivity contribution in [3.8, 4) is 0 Å². The zero-order valence-electron chi connectivity index (χ0n) is 7.45. The molecule has 0 saturated heterocycles. The molecule has 0 atom stereocenters. The van der Waals surface area contributed by atoms with Gasteiger partial charge in [-0.05, 0) is 24.7 Å². The van der Waals surface area contributed by atoms with E-state index in [-0.39, 0.29) is 0 Å². The molecule has 72 valence electrons. The van der Waals surface area contributed by atoms with Gasteiger partial charge in [0.2, 0.25) is 0 Å². The van der Waals surface area contributed by atoms with Crippen molar-refractivity contribution >= 4 is 17.3 Å². The van der Waals surface area contributed by atoms with E-state index in [1.54, 1.807) is 0 Å². The Morgan fingerprint density at radius 2 is 2.54 bits per heavy atom. The van der Waals surface area contributed by atoms with Crippen LogP contribution in [0, 0.1) is 6.92 Å². The molecule has 0 bridgehead atoms. The topological polar surface area (TPSA) is 67.9 Å². The number of hydrazine groups is 1. The highest BCUT2D eigenvalue weighted by Crippen LogP contribution is 1.92. The first-order valence-electron chi connectivity index (χ1n) is 3.96. The molecule has 0 aliphatic heterocycles. The van der Waals surface area contributed by atoms with E-state index in [9.17, 15) is 0 Å². The van der Waals surface area contributed by atoms with Crippen LogP contribution in [0.5, 0.6) is 0 Å². The van der Waals surface area contributed by atoms with E-state index in [4.69, 9.17) is 18.1 Å². The molecule has 6 heteroatoms. The molecule has 0 saturated carbocycles. The molecular formula is C7H13N5S. The summed E-state index contributed by atoms with van der Waals surface area (Å²) < 4.78 is 1.85. The van der Waals surface area contributed by atoms with Crippen LogP contribution in [-0.2, 0) is 6.54 Å². The van der Waals surface area contributed by atoms with Crippen LogP contribution in [0.3, 0.4) is 0 Å². The van der Waals surface area contributed by atoms with Crippen LogP contribution in [-0.4, -0.2) is 21.4 Å². The number of aryl methyl sites for hydroxylation is 1. The number of hydrogen-bond donors (Lipinski definition) is 3. The quantitative estimate of drug-likeness (QED) is 0.349. The van der Waals surface area contributed by atoms with Crippen molar-refractivity contribution in [2.24, 2.45) is 5.84 Å². The summed E-state index contributed by atoms with van der Waals surface area (Å²) in [7, 11) is 0. The third-order valence-corrected chi connectivity index (χ3v) is 1.78. The van der Waals surface area contributed by atoms with Crippen LogP contribution in [0.1, 0.15) is 5.56 Å². The number of aromatic nitrogens is 2. The van der Waals surface area contributed by atoms with Gasteiger partial charge in [-0.3, -0.25) is 4.68 Å². The lowest BCUT2D eigenvalue weighted by atomic mass is 10.4. The van der Waals surface area contributed by atoms with Crippen LogP contribution in [0.25, 0.3) is 0 Å². The fraction of sp³-hybridized carbons (Fsp3) is 0.429. The molecule has 1 heterocycles. The van der Waals surface area contributed by atoms with Crippen molar-refractivity contribution in [3.05, 3.63) is 18.0 Å². The molecule has 0 aromatic carbocycles. The summed E-state index contributed by atoms with van der Waals surface area (Å²) in [6.07, 6.45) is 3.79. The Balaban J connectivity index is 2.24. The minimum atomic E-state index is 0.448. The van der Waals surface area contributed by atoms with Gasteiger partial charge < -0.3 is 10.7 Å². The van der Waals surface area contributed by atoms with Gasteiger partial charge in [0.1, 0.15) is 0 Å². The van der Waals surface area contributed by atoms with Crippen LogP contribution in [0.2, 0.25) is 0 Å². The van der Waals surface area contributed by atoms with Gasteiger partial charge in [0.15, 0.2) is 5.11 Å². The highest BCUT2D eigenvalue weighted by atomic mass is 32.1. The van der Waals surface area contributed by atoms with Gasteiger partial charge in [0.05, 0.1) is 12.7 Å². The van der Waals surface area contributed by atoms with Crippen molar-refractivity contribution < 1.29 is 0 Å². The second-order valence-electron chi connectivity index (χ2n) is 2.68. The third-order valence-electron chi connectivity index (χ3n) is 1.52. The Morgan fingerprint density at radius 3 is 3.08 bits per heavy atom. The molecular weight excluding hydrogens is 186 g/mol. The number of nitrogens with zero attached hydrogens (tertiary/aromatic N) is 2. The van der Waals surface area contributed by atoms with Crippen LogP contribution in [0.15, 0.2) is 12.4 Å². The highest BCUT2D eigenvalue weighted by Gasteiger charge is 1.94. The molecule has 1 rings (SSSR count). The first-order chi connectivity index (χ1) is 6.22. The predicted octanol–water partition coefficient (Wildman–Crippen LogP) is -0.471. The molecule has 0 spiro atoms. The molecule has 1 aromatic rings. The fourth-order valence-corrected chi connectivity index (χ4v) is 1.03. The summed E-state index contributed by atoms with van der Waals surface area (Å²) in [5.74, 6) is 5.08. The minimum absolute atomic E-state index is 0.448. The molecule has 4 N–H and O–H groups in total. The second kappa shape index (κ2) is 4.78. The highest BCUT2D eigenvalue weighted by molar-refractivity contribution is 7.80. The van der Waals surface area contributed by atoms with Gasteiger partial charge in [-0.25, -0.2) is 5.84 Å². The molecule has 0 amide bonds. The maximum absolute atomic E-state index is 5.08. The SMILES string of the molecule is Cc1cnn(CCNC(=S)NN)c1. The first kappa shape index (κ1) is 9.94. The molecule has 13 heavy (non-hydrogen) atoms. The van der Waals surface area contributed by atoms with Gasteiger partial charge in [-0.15, -0.1) is 0 Å². The lowest BCUT2D eigenvalue weighted by molar-refractivity contribution is 0.601. The summed E-state index contributed by atoms with van der Waals surface area (Å²) in [6.45, 7) is 3.49. The number of thiocarbonyl (C=S) groups is 1. The van der Waals surface area contributed by atoms with E-state index in [2.05, 4.69) is 15.8 Å². The molecule has 5 nitrogen and oxygen atoms in total. The Labute approximate surface area is 82.3 Å². The summed E-state index contributed by atoms with van der Waals surface area (Å²) in [5, 5.41) is 7.49. The lowest BCUT2D eigenvalue weighted by Gasteiger charge is -2.06. The van der Waals surface area contributed by atoms with Crippen molar-refractivity contribution in [3.63, 3.8) is 0 Å². The van der Waals surface area contributed by atoms with Crippen molar-refractivity contribution in [1.82, 2.24) is 20.5 Å². The fourth-order valence-electron chi connectivity index (χ4n) is 0.924. The number of nitrogens with two attached hydrogens (primary N) is 1. The zero-order valence-corrected chi connectivity index (χ0v) is 8.27. The lowest BCUT2D eigenvalue weighted by Crippen LogP contribution is -2.40. The van der Waals surface area contributed by atoms with E-state index >= 15 is 0 Å². The van der Waals surface area contributed by atoms with E-state index in [1.807, 2.05) is 24.0 Å². The maximum Gasteiger partial charge on any atom is 0.180 e. The third kappa shape index (κ3) is 3.39. The second-order valence-corrected chi connectivity index (χ2v) is 3.09. The first-order valence-corrected chi connectivity index (χ1v) is 4.36. The van der Waals surface area contributed by atoms with E-state index in [0.717, 1.165) is 12.1 Å². The molecule has 1 aromatic heterocycles. The van der Waals surface area contributed by atoms with Crippen molar-refractivity contribution in [1.29, 1.82) is 0 Å². The molecule has 0 aliphatic rings. The van der Waals surface area contributed by atoms with Gasteiger partial charge in [-0.2, -0.15) is 5.10 Å². The Hall–Kier alpha value is -1.14. The number of rotatable bonds is 3.